The first-order chi connectivity index (χ1) is 10.3. The lowest BCUT2D eigenvalue weighted by Gasteiger charge is -2.23. The monoisotopic (exact) mass is 424 g/mol. The van der Waals surface area contributed by atoms with Crippen molar-refractivity contribution >= 4 is 40.5 Å². The van der Waals surface area contributed by atoms with Crippen LogP contribution in [0.3, 0.4) is 0 Å². The predicted molar refractivity (Wildman–Crippen MR) is 80.2 cm³/mol. The Labute approximate surface area is 141 Å². The van der Waals surface area contributed by atoms with Crippen LogP contribution in [-0.4, -0.2) is 53.4 Å². The Morgan fingerprint density at radius 2 is 2.09 bits per heavy atom. The van der Waals surface area contributed by atoms with Gasteiger partial charge in [0.05, 0.1) is 17.4 Å². The molecule has 0 aromatic rings. The fourth-order valence-electron chi connectivity index (χ4n) is 2.94. The van der Waals surface area contributed by atoms with E-state index >= 15 is 0 Å². The van der Waals surface area contributed by atoms with Crippen molar-refractivity contribution in [2.24, 2.45) is 11.3 Å². The lowest BCUT2D eigenvalue weighted by atomic mass is 9.88. The molecular formula is C14H17IO7. The molecule has 0 spiro atoms. The van der Waals surface area contributed by atoms with Gasteiger partial charge in [-0.25, -0.2) is 4.79 Å². The fourth-order valence-corrected chi connectivity index (χ4v) is 3.25. The van der Waals surface area contributed by atoms with Crippen LogP contribution in [0.2, 0.25) is 0 Å². The van der Waals surface area contributed by atoms with Crippen molar-refractivity contribution in [3.63, 3.8) is 0 Å². The Kier molecular flexibility index (Phi) is 4.09. The highest BCUT2D eigenvalue weighted by Crippen LogP contribution is 2.47. The van der Waals surface area contributed by atoms with E-state index in [-0.39, 0.29) is 24.1 Å². The van der Waals surface area contributed by atoms with Crippen molar-refractivity contribution in [1.29, 1.82) is 0 Å². The number of ether oxygens (including phenoxy) is 4. The lowest BCUT2D eigenvalue weighted by Crippen LogP contribution is -2.41. The van der Waals surface area contributed by atoms with E-state index in [0.29, 0.717) is 10.8 Å². The summed E-state index contributed by atoms with van der Waals surface area (Å²) >= 11 is 2.09. The van der Waals surface area contributed by atoms with Gasteiger partial charge in [0.15, 0.2) is 18.8 Å². The minimum atomic E-state index is -0.654. The van der Waals surface area contributed by atoms with Gasteiger partial charge in [-0.2, -0.15) is 0 Å². The van der Waals surface area contributed by atoms with Crippen molar-refractivity contribution < 1.29 is 33.3 Å². The van der Waals surface area contributed by atoms with Gasteiger partial charge < -0.3 is 18.9 Å². The van der Waals surface area contributed by atoms with Crippen LogP contribution in [0, 0.1) is 11.3 Å². The van der Waals surface area contributed by atoms with E-state index in [1.165, 1.54) is 0 Å². The van der Waals surface area contributed by atoms with Gasteiger partial charge in [-0.1, -0.05) is 22.6 Å². The summed E-state index contributed by atoms with van der Waals surface area (Å²) in [4.78, 5) is 35.2. The molecule has 0 radical (unpaired) electrons. The van der Waals surface area contributed by atoms with Crippen LogP contribution >= 0.6 is 22.6 Å². The largest absolute Gasteiger partial charge is 0.455 e. The molecule has 7 nitrogen and oxygen atoms in total. The lowest BCUT2D eigenvalue weighted by molar-refractivity contribution is -0.171. The van der Waals surface area contributed by atoms with E-state index in [1.54, 1.807) is 13.8 Å². The molecular weight excluding hydrogens is 407 g/mol. The molecule has 0 amide bonds. The summed E-state index contributed by atoms with van der Waals surface area (Å²) in [5.41, 5.74) is -0.648. The van der Waals surface area contributed by atoms with Gasteiger partial charge in [0.2, 0.25) is 0 Å². The van der Waals surface area contributed by atoms with Crippen molar-refractivity contribution in [2.45, 2.75) is 44.7 Å². The Morgan fingerprint density at radius 3 is 2.77 bits per heavy atom. The van der Waals surface area contributed by atoms with E-state index in [9.17, 15) is 14.4 Å². The van der Waals surface area contributed by atoms with Crippen LogP contribution in [0.15, 0.2) is 0 Å². The van der Waals surface area contributed by atoms with E-state index in [0.717, 1.165) is 0 Å². The Morgan fingerprint density at radius 1 is 1.36 bits per heavy atom. The SMILES string of the molecule is CC(C)(CI)C(=O)OCC(=O)OC1C2CC3C(=O)OC1C3O2. The maximum absolute atomic E-state index is 11.9. The highest BCUT2D eigenvalue weighted by Gasteiger charge is 2.65. The molecule has 2 bridgehead atoms. The summed E-state index contributed by atoms with van der Waals surface area (Å²) < 4.78 is 21.7. The molecule has 0 saturated carbocycles. The second-order valence-corrected chi connectivity index (χ2v) is 7.19. The molecule has 0 N–H and O–H groups in total. The second kappa shape index (κ2) is 5.63. The zero-order valence-corrected chi connectivity index (χ0v) is 14.4. The molecule has 3 rings (SSSR count). The Balaban J connectivity index is 1.51. The van der Waals surface area contributed by atoms with Crippen LogP contribution < -0.4 is 0 Å². The number of hydrogen-bond acceptors (Lipinski definition) is 7. The summed E-state index contributed by atoms with van der Waals surface area (Å²) in [6.45, 7) is 3.04. The zero-order valence-electron chi connectivity index (χ0n) is 12.2. The topological polar surface area (TPSA) is 88.1 Å². The fraction of sp³-hybridized carbons (Fsp3) is 0.786. The van der Waals surface area contributed by atoms with Gasteiger partial charge in [-0.3, -0.25) is 9.59 Å². The molecule has 3 aliphatic rings. The Hall–Kier alpha value is -0.900. The van der Waals surface area contributed by atoms with Crippen LogP contribution in [0.4, 0.5) is 0 Å². The van der Waals surface area contributed by atoms with E-state index in [2.05, 4.69) is 22.6 Å². The number of rotatable bonds is 5. The number of fused-ring (bicyclic) bond motifs is 1. The smallest absolute Gasteiger partial charge is 0.344 e. The first-order valence-electron chi connectivity index (χ1n) is 7.12. The highest BCUT2D eigenvalue weighted by molar-refractivity contribution is 14.1. The molecule has 8 heteroatoms. The molecule has 5 unspecified atom stereocenters. The van der Waals surface area contributed by atoms with E-state index in [1.807, 2.05) is 0 Å². The molecule has 0 aromatic carbocycles. The zero-order chi connectivity index (χ0) is 16.1. The number of halogens is 1. The van der Waals surface area contributed by atoms with Crippen LogP contribution in [-0.2, 0) is 33.3 Å². The first kappa shape index (κ1) is 16.0. The van der Waals surface area contributed by atoms with Gasteiger partial charge in [-0.15, -0.1) is 0 Å². The molecule has 3 heterocycles. The van der Waals surface area contributed by atoms with Gasteiger partial charge >= 0.3 is 17.9 Å². The maximum Gasteiger partial charge on any atom is 0.344 e. The maximum atomic E-state index is 11.9. The van der Waals surface area contributed by atoms with Gasteiger partial charge in [0.25, 0.3) is 0 Å². The minimum Gasteiger partial charge on any atom is -0.455 e. The van der Waals surface area contributed by atoms with Crippen molar-refractivity contribution in [1.82, 2.24) is 0 Å². The third-order valence-corrected chi connectivity index (χ3v) is 6.17. The Bertz CT molecular complexity index is 517. The molecule has 0 aromatic heterocycles. The quantitative estimate of drug-likeness (QED) is 0.277. The number of hydrogen-bond donors (Lipinski definition) is 0. The number of alkyl halides is 1. The van der Waals surface area contributed by atoms with Gasteiger partial charge in [0, 0.05) is 4.43 Å². The second-order valence-electron chi connectivity index (χ2n) is 6.43. The predicted octanol–water partition coefficient (Wildman–Crippen LogP) is 0.615. The van der Waals surface area contributed by atoms with Crippen LogP contribution in [0.5, 0.6) is 0 Å². The van der Waals surface area contributed by atoms with Crippen molar-refractivity contribution in [3.8, 4) is 0 Å². The number of carbonyl (C=O) groups is 3. The van der Waals surface area contributed by atoms with Gasteiger partial charge in [-0.05, 0) is 20.3 Å². The standard InChI is InChI=1S/C14H17IO7/c1-14(2,5-15)13(18)19-4-8(16)21-10-7-3-6-9(20-7)11(10)22-12(6)17/h6-7,9-11H,3-5H2,1-2H3. The normalized spacial score (nSPS) is 35.4. The summed E-state index contributed by atoms with van der Waals surface area (Å²) in [5.74, 6) is -1.62. The molecule has 3 saturated heterocycles. The molecule has 5 atom stereocenters. The van der Waals surface area contributed by atoms with Gasteiger partial charge in [0.1, 0.15) is 6.10 Å². The average Bonchev–Trinajstić information content (AvgIpc) is 3.09. The molecule has 0 aliphatic carbocycles. The molecule has 3 aliphatic heterocycles. The molecule has 122 valence electrons. The summed E-state index contributed by atoms with van der Waals surface area (Å²) in [5, 5.41) is 0. The molecule has 22 heavy (non-hydrogen) atoms. The molecule has 3 fully saturated rings. The number of esters is 3. The number of carbonyl (C=O) groups excluding carboxylic acids is 3. The van der Waals surface area contributed by atoms with E-state index in [4.69, 9.17) is 18.9 Å². The van der Waals surface area contributed by atoms with Crippen molar-refractivity contribution in [2.75, 3.05) is 11.0 Å². The van der Waals surface area contributed by atoms with Crippen molar-refractivity contribution in [3.05, 3.63) is 0 Å². The highest BCUT2D eigenvalue weighted by atomic mass is 127. The third-order valence-electron chi connectivity index (χ3n) is 4.26. The van der Waals surface area contributed by atoms with Crippen LogP contribution in [0.25, 0.3) is 0 Å². The summed E-state index contributed by atoms with van der Waals surface area (Å²) in [7, 11) is 0. The van der Waals surface area contributed by atoms with E-state index < -0.39 is 36.2 Å². The summed E-state index contributed by atoms with van der Waals surface area (Å²) in [6.07, 6.45) is -1.23. The minimum absolute atomic E-state index is 0.229. The average molecular weight is 424 g/mol. The summed E-state index contributed by atoms with van der Waals surface area (Å²) in [6, 6.07) is 0. The first-order valence-corrected chi connectivity index (χ1v) is 8.64. The van der Waals surface area contributed by atoms with Crippen LogP contribution in [0.1, 0.15) is 20.3 Å². The third kappa shape index (κ3) is 2.60.